The van der Waals surface area contributed by atoms with Crippen LogP contribution in [0.3, 0.4) is 0 Å². The van der Waals surface area contributed by atoms with Gasteiger partial charge in [-0.3, -0.25) is 0 Å². The summed E-state index contributed by atoms with van der Waals surface area (Å²) in [7, 11) is 0. The minimum Gasteiger partial charge on any atom is -0.480 e. The minimum atomic E-state index is -0.971. The van der Waals surface area contributed by atoms with Gasteiger partial charge >= 0.3 is 12.0 Å². The van der Waals surface area contributed by atoms with Crippen molar-refractivity contribution in [1.29, 1.82) is 0 Å². The smallest absolute Gasteiger partial charge is 0.327 e. The van der Waals surface area contributed by atoms with Crippen molar-refractivity contribution in [2.24, 2.45) is 0 Å². The predicted octanol–water partition coefficient (Wildman–Crippen LogP) is -0.537. The molecule has 1 atom stereocenters. The Morgan fingerprint density at radius 1 is 1.53 bits per heavy atom. The molecule has 1 fully saturated rings. The zero-order valence-electron chi connectivity index (χ0n) is 8.99. The maximum atomic E-state index is 11.6. The molecule has 86 valence electrons. The van der Waals surface area contributed by atoms with E-state index in [9.17, 15) is 9.59 Å². The van der Waals surface area contributed by atoms with E-state index < -0.39 is 12.0 Å². The Labute approximate surface area is 88.6 Å². The van der Waals surface area contributed by atoms with Gasteiger partial charge in [-0.15, -0.1) is 0 Å². The largest absolute Gasteiger partial charge is 0.480 e. The van der Waals surface area contributed by atoms with Crippen LogP contribution in [0.15, 0.2) is 0 Å². The van der Waals surface area contributed by atoms with Gasteiger partial charge in [0.25, 0.3) is 0 Å². The Morgan fingerprint density at radius 3 is 2.73 bits per heavy atom. The number of amides is 2. The lowest BCUT2D eigenvalue weighted by Crippen LogP contribution is -2.59. The monoisotopic (exact) mass is 215 g/mol. The zero-order valence-corrected chi connectivity index (χ0v) is 8.99. The molecule has 1 rings (SSSR count). The summed E-state index contributed by atoms with van der Waals surface area (Å²) in [6.45, 7) is 5.05. The first-order valence-electron chi connectivity index (χ1n) is 5.03. The summed E-state index contributed by atoms with van der Waals surface area (Å²) in [6, 6.07) is -1.06. The fourth-order valence-corrected chi connectivity index (χ4v) is 1.50. The van der Waals surface area contributed by atoms with E-state index in [4.69, 9.17) is 5.11 Å². The van der Waals surface area contributed by atoms with Gasteiger partial charge in [0.15, 0.2) is 0 Å². The van der Waals surface area contributed by atoms with Crippen molar-refractivity contribution >= 4 is 12.0 Å². The predicted molar refractivity (Wildman–Crippen MR) is 54.7 cm³/mol. The summed E-state index contributed by atoms with van der Waals surface area (Å²) in [4.78, 5) is 23.9. The van der Waals surface area contributed by atoms with Gasteiger partial charge in [-0.25, -0.2) is 9.59 Å². The molecule has 1 unspecified atom stereocenters. The third-order valence-electron chi connectivity index (χ3n) is 2.20. The second-order valence-electron chi connectivity index (χ2n) is 3.86. The molecule has 6 heteroatoms. The zero-order chi connectivity index (χ0) is 11.4. The molecule has 15 heavy (non-hydrogen) atoms. The second-order valence-corrected chi connectivity index (χ2v) is 3.86. The van der Waals surface area contributed by atoms with Gasteiger partial charge in [0.05, 0.1) is 0 Å². The Balaban J connectivity index is 2.63. The van der Waals surface area contributed by atoms with Gasteiger partial charge in [0.1, 0.15) is 6.04 Å². The number of rotatable bonds is 2. The number of nitrogens with zero attached hydrogens (tertiary/aromatic N) is 1. The first-order valence-corrected chi connectivity index (χ1v) is 5.03. The van der Waals surface area contributed by atoms with E-state index in [1.54, 1.807) is 0 Å². The quantitative estimate of drug-likeness (QED) is 0.578. The van der Waals surface area contributed by atoms with Crippen molar-refractivity contribution in [3.63, 3.8) is 0 Å². The molecule has 0 spiro atoms. The van der Waals surface area contributed by atoms with E-state index in [-0.39, 0.29) is 12.1 Å². The Morgan fingerprint density at radius 2 is 2.20 bits per heavy atom. The van der Waals surface area contributed by atoms with Crippen LogP contribution in [0.25, 0.3) is 0 Å². The number of carbonyl (C=O) groups is 2. The topological polar surface area (TPSA) is 81.7 Å². The average Bonchev–Trinajstić information content (AvgIpc) is 2.16. The molecule has 6 nitrogen and oxygen atoms in total. The van der Waals surface area contributed by atoms with Crippen LogP contribution in [0.2, 0.25) is 0 Å². The highest BCUT2D eigenvalue weighted by Gasteiger charge is 2.31. The number of carbonyl (C=O) groups excluding carboxylic acids is 1. The summed E-state index contributed by atoms with van der Waals surface area (Å²) in [6.07, 6.45) is 0. The highest BCUT2D eigenvalue weighted by atomic mass is 16.4. The van der Waals surface area contributed by atoms with E-state index in [0.29, 0.717) is 19.6 Å². The first kappa shape index (κ1) is 11.8. The van der Waals surface area contributed by atoms with Crippen molar-refractivity contribution in [2.75, 3.05) is 19.6 Å². The molecular formula is C9H17N3O3. The molecule has 0 aromatic carbocycles. The number of hydrogen-bond acceptors (Lipinski definition) is 3. The summed E-state index contributed by atoms with van der Waals surface area (Å²) >= 11 is 0. The van der Waals surface area contributed by atoms with Crippen LogP contribution in [0, 0.1) is 0 Å². The third kappa shape index (κ3) is 3.09. The SMILES string of the molecule is CC(C)NC(=O)N1CCNCC1C(=O)O. The van der Waals surface area contributed by atoms with Crippen molar-refractivity contribution in [2.45, 2.75) is 25.9 Å². The lowest BCUT2D eigenvalue weighted by Gasteiger charge is -2.33. The van der Waals surface area contributed by atoms with Crippen LogP contribution in [0.5, 0.6) is 0 Å². The molecule has 0 bridgehead atoms. The highest BCUT2D eigenvalue weighted by molar-refractivity contribution is 5.83. The van der Waals surface area contributed by atoms with Crippen molar-refractivity contribution in [3.05, 3.63) is 0 Å². The number of hydrogen-bond donors (Lipinski definition) is 3. The number of carboxylic acid groups (broad SMARTS) is 1. The molecule has 1 saturated heterocycles. The number of piperazine rings is 1. The molecule has 1 aliphatic heterocycles. The molecular weight excluding hydrogens is 198 g/mol. The van der Waals surface area contributed by atoms with Gasteiger partial charge < -0.3 is 20.6 Å². The third-order valence-corrected chi connectivity index (χ3v) is 2.20. The van der Waals surface area contributed by atoms with Gasteiger partial charge in [-0.2, -0.15) is 0 Å². The Bertz CT molecular complexity index is 255. The summed E-state index contributed by atoms with van der Waals surface area (Å²) in [5.74, 6) is -0.971. The van der Waals surface area contributed by atoms with Crippen LogP contribution < -0.4 is 10.6 Å². The molecule has 1 aliphatic rings. The lowest BCUT2D eigenvalue weighted by atomic mass is 10.2. The van der Waals surface area contributed by atoms with E-state index in [1.165, 1.54) is 4.90 Å². The van der Waals surface area contributed by atoms with E-state index in [1.807, 2.05) is 13.8 Å². The van der Waals surface area contributed by atoms with Crippen LogP contribution in [0.1, 0.15) is 13.8 Å². The van der Waals surface area contributed by atoms with Gasteiger partial charge in [0.2, 0.25) is 0 Å². The Kier molecular flexibility index (Phi) is 3.90. The van der Waals surface area contributed by atoms with Gasteiger partial charge in [-0.1, -0.05) is 0 Å². The van der Waals surface area contributed by atoms with Crippen LogP contribution in [-0.2, 0) is 4.79 Å². The number of aliphatic carboxylic acids is 1. The molecule has 2 amide bonds. The van der Waals surface area contributed by atoms with Gasteiger partial charge in [0, 0.05) is 25.7 Å². The molecule has 0 aromatic heterocycles. The molecule has 0 aliphatic carbocycles. The summed E-state index contributed by atoms with van der Waals surface area (Å²) in [5, 5.41) is 14.6. The van der Waals surface area contributed by atoms with E-state index >= 15 is 0 Å². The molecule has 3 N–H and O–H groups in total. The molecule has 0 saturated carbocycles. The molecule has 0 aromatic rings. The van der Waals surface area contributed by atoms with Crippen LogP contribution in [0.4, 0.5) is 4.79 Å². The van der Waals surface area contributed by atoms with Crippen LogP contribution >= 0.6 is 0 Å². The molecule has 1 heterocycles. The van der Waals surface area contributed by atoms with E-state index in [2.05, 4.69) is 10.6 Å². The van der Waals surface area contributed by atoms with Crippen LogP contribution in [-0.4, -0.2) is 53.7 Å². The maximum Gasteiger partial charge on any atom is 0.327 e. The average molecular weight is 215 g/mol. The summed E-state index contributed by atoms with van der Waals surface area (Å²) in [5.41, 5.74) is 0. The maximum absolute atomic E-state index is 11.6. The number of carboxylic acids is 1. The van der Waals surface area contributed by atoms with Crippen molar-refractivity contribution in [1.82, 2.24) is 15.5 Å². The number of nitrogens with one attached hydrogen (secondary N) is 2. The summed E-state index contributed by atoms with van der Waals surface area (Å²) < 4.78 is 0. The highest BCUT2D eigenvalue weighted by Crippen LogP contribution is 2.04. The fraction of sp³-hybridized carbons (Fsp3) is 0.778. The minimum absolute atomic E-state index is 0.0156. The van der Waals surface area contributed by atoms with Crippen molar-refractivity contribution in [3.8, 4) is 0 Å². The Hall–Kier alpha value is -1.30. The lowest BCUT2D eigenvalue weighted by molar-refractivity contribution is -0.142. The molecule has 0 radical (unpaired) electrons. The van der Waals surface area contributed by atoms with Gasteiger partial charge in [-0.05, 0) is 13.8 Å². The normalized spacial score (nSPS) is 21.5. The number of urea groups is 1. The first-order chi connectivity index (χ1) is 7.02. The van der Waals surface area contributed by atoms with Crippen molar-refractivity contribution < 1.29 is 14.7 Å². The second kappa shape index (κ2) is 4.97. The standard InChI is InChI=1S/C9H17N3O3/c1-6(2)11-9(15)12-4-3-10-5-7(12)8(13)14/h6-7,10H,3-5H2,1-2H3,(H,11,15)(H,13,14). The van der Waals surface area contributed by atoms with E-state index in [0.717, 1.165) is 0 Å². The fourth-order valence-electron chi connectivity index (χ4n) is 1.50.